The molecule has 0 spiro atoms. The van der Waals surface area contributed by atoms with Crippen LogP contribution in [0.3, 0.4) is 0 Å². The third-order valence-corrected chi connectivity index (χ3v) is 6.14. The highest BCUT2D eigenvalue weighted by molar-refractivity contribution is 7.17. The predicted octanol–water partition coefficient (Wildman–Crippen LogP) is 4.41. The number of hydrogen-bond donors (Lipinski definition) is 1. The quantitative estimate of drug-likeness (QED) is 0.831. The van der Waals surface area contributed by atoms with Crippen molar-refractivity contribution in [1.82, 2.24) is 5.32 Å². The number of likely N-dealkylation sites (N-methyl/N-ethyl adjacent to an activating group) is 1. The number of nitrogens with one attached hydrogen (secondary N) is 1. The first-order valence-electron chi connectivity index (χ1n) is 7.67. The molecule has 2 heterocycles. The lowest BCUT2D eigenvalue weighted by atomic mass is 10.0. The van der Waals surface area contributed by atoms with E-state index in [-0.39, 0.29) is 11.9 Å². The van der Waals surface area contributed by atoms with Crippen molar-refractivity contribution in [3.8, 4) is 16.2 Å². The molecule has 1 aromatic heterocycles. The number of ether oxygens (including phenoxy) is 1. The van der Waals surface area contributed by atoms with Gasteiger partial charge in [0.2, 0.25) is 0 Å². The SMILES string of the molecule is CNCC1Cc2cc(-c3sc(C(C)=O)c(C)c3C)cc(Cl)c2O1. The van der Waals surface area contributed by atoms with Crippen LogP contribution in [0.15, 0.2) is 12.1 Å². The second-order valence-corrected chi connectivity index (χ2v) is 7.44. The van der Waals surface area contributed by atoms with Crippen LogP contribution >= 0.6 is 22.9 Å². The van der Waals surface area contributed by atoms with Crippen LogP contribution in [0, 0.1) is 13.8 Å². The van der Waals surface area contributed by atoms with Gasteiger partial charge in [-0.25, -0.2) is 0 Å². The summed E-state index contributed by atoms with van der Waals surface area (Å²) in [7, 11) is 1.92. The Morgan fingerprint density at radius 3 is 2.74 bits per heavy atom. The van der Waals surface area contributed by atoms with E-state index in [2.05, 4.69) is 18.3 Å². The average Bonchev–Trinajstić information content (AvgIpc) is 3.02. The van der Waals surface area contributed by atoms with Crippen LogP contribution in [0.1, 0.15) is 33.3 Å². The molecular formula is C18H20ClNO2S. The van der Waals surface area contributed by atoms with Gasteiger partial charge in [0.25, 0.3) is 0 Å². The molecule has 1 atom stereocenters. The number of benzene rings is 1. The third-order valence-electron chi connectivity index (χ3n) is 4.31. The molecule has 1 aliphatic heterocycles. The van der Waals surface area contributed by atoms with Gasteiger partial charge in [-0.05, 0) is 56.6 Å². The Morgan fingerprint density at radius 2 is 2.13 bits per heavy atom. The van der Waals surface area contributed by atoms with Crippen molar-refractivity contribution >= 4 is 28.7 Å². The highest BCUT2D eigenvalue weighted by Gasteiger charge is 2.26. The summed E-state index contributed by atoms with van der Waals surface area (Å²) in [5, 5.41) is 3.78. The maximum Gasteiger partial charge on any atom is 0.170 e. The van der Waals surface area contributed by atoms with Crippen molar-refractivity contribution < 1.29 is 9.53 Å². The minimum absolute atomic E-state index is 0.117. The fourth-order valence-corrected chi connectivity index (χ4v) is 4.55. The van der Waals surface area contributed by atoms with Gasteiger partial charge in [-0.1, -0.05) is 11.6 Å². The molecule has 0 radical (unpaired) electrons. The molecule has 1 aromatic carbocycles. The monoisotopic (exact) mass is 349 g/mol. The van der Waals surface area contributed by atoms with E-state index in [1.807, 2.05) is 20.0 Å². The number of fused-ring (bicyclic) bond motifs is 1. The van der Waals surface area contributed by atoms with Crippen molar-refractivity contribution in [2.45, 2.75) is 33.3 Å². The van der Waals surface area contributed by atoms with E-state index >= 15 is 0 Å². The minimum atomic E-state index is 0.117. The zero-order chi connectivity index (χ0) is 16.7. The van der Waals surface area contributed by atoms with Crippen molar-refractivity contribution in [1.29, 1.82) is 0 Å². The average molecular weight is 350 g/mol. The molecule has 0 saturated carbocycles. The molecular weight excluding hydrogens is 330 g/mol. The Labute approximate surface area is 145 Å². The van der Waals surface area contributed by atoms with Gasteiger partial charge in [0.05, 0.1) is 9.90 Å². The van der Waals surface area contributed by atoms with Gasteiger partial charge in [0.15, 0.2) is 5.78 Å². The van der Waals surface area contributed by atoms with Crippen molar-refractivity contribution in [2.24, 2.45) is 0 Å². The largest absolute Gasteiger partial charge is 0.487 e. The molecule has 0 amide bonds. The maximum atomic E-state index is 11.8. The molecule has 2 aromatic rings. The number of ketones is 1. The zero-order valence-electron chi connectivity index (χ0n) is 13.7. The molecule has 3 nitrogen and oxygen atoms in total. The van der Waals surface area contributed by atoms with E-state index < -0.39 is 0 Å². The Balaban J connectivity index is 2.04. The lowest BCUT2D eigenvalue weighted by molar-refractivity contribution is 0.102. The van der Waals surface area contributed by atoms with Crippen molar-refractivity contribution in [3.63, 3.8) is 0 Å². The van der Waals surface area contributed by atoms with E-state index in [0.29, 0.717) is 5.02 Å². The summed E-state index contributed by atoms with van der Waals surface area (Å²) < 4.78 is 5.92. The molecule has 0 bridgehead atoms. The Morgan fingerprint density at radius 1 is 1.39 bits per heavy atom. The van der Waals surface area contributed by atoms with Crippen LogP contribution in [0.4, 0.5) is 0 Å². The number of carbonyl (C=O) groups excluding carboxylic acids is 1. The van der Waals surface area contributed by atoms with E-state index in [1.165, 1.54) is 0 Å². The number of carbonyl (C=O) groups is 1. The van der Waals surface area contributed by atoms with Crippen LogP contribution in [-0.2, 0) is 6.42 Å². The number of hydrogen-bond acceptors (Lipinski definition) is 4. The molecule has 0 aliphatic carbocycles. The molecule has 1 aliphatic rings. The highest BCUT2D eigenvalue weighted by Crippen LogP contribution is 2.43. The molecule has 122 valence electrons. The smallest absolute Gasteiger partial charge is 0.170 e. The number of Topliss-reactive ketones (excluding diaryl/α,β-unsaturated/α-hetero) is 1. The van der Waals surface area contributed by atoms with Gasteiger partial charge >= 0.3 is 0 Å². The van der Waals surface area contributed by atoms with E-state index in [4.69, 9.17) is 16.3 Å². The number of thiophene rings is 1. The topological polar surface area (TPSA) is 38.3 Å². The lowest BCUT2D eigenvalue weighted by Crippen LogP contribution is -2.27. The summed E-state index contributed by atoms with van der Waals surface area (Å²) >= 11 is 8.00. The molecule has 5 heteroatoms. The summed E-state index contributed by atoms with van der Waals surface area (Å²) in [5.41, 5.74) is 4.43. The summed E-state index contributed by atoms with van der Waals surface area (Å²) in [6.07, 6.45) is 0.980. The Bertz CT molecular complexity index is 782. The Kier molecular flexibility index (Phi) is 4.50. The first-order chi connectivity index (χ1) is 10.9. The summed E-state index contributed by atoms with van der Waals surface area (Å²) in [6, 6.07) is 4.10. The van der Waals surface area contributed by atoms with E-state index in [9.17, 15) is 4.79 Å². The molecule has 3 rings (SSSR count). The molecule has 0 fully saturated rings. The predicted molar refractivity (Wildman–Crippen MR) is 96.3 cm³/mol. The van der Waals surface area contributed by atoms with Crippen molar-refractivity contribution in [3.05, 3.63) is 38.7 Å². The Hall–Kier alpha value is -1.36. The fraction of sp³-hybridized carbons (Fsp3) is 0.389. The first kappa shape index (κ1) is 16.5. The third kappa shape index (κ3) is 2.91. The second-order valence-electron chi connectivity index (χ2n) is 6.01. The molecule has 1 unspecified atom stereocenters. The van der Waals surface area contributed by atoms with Crippen molar-refractivity contribution in [2.75, 3.05) is 13.6 Å². The van der Waals surface area contributed by atoms with Gasteiger partial charge in [0, 0.05) is 23.4 Å². The van der Waals surface area contributed by atoms with Gasteiger partial charge in [-0.3, -0.25) is 4.79 Å². The standard InChI is InChI=1S/C18H20ClNO2S/c1-9-10(2)18(23-17(9)11(3)21)13-5-12-6-14(8-20-4)22-16(12)15(19)7-13/h5,7,14,20H,6,8H2,1-4H3. The maximum absolute atomic E-state index is 11.8. The van der Waals surface area contributed by atoms with Gasteiger partial charge in [-0.15, -0.1) is 11.3 Å². The number of rotatable bonds is 4. The van der Waals surface area contributed by atoms with Gasteiger partial charge in [-0.2, -0.15) is 0 Å². The lowest BCUT2D eigenvalue weighted by Gasteiger charge is -2.10. The molecule has 23 heavy (non-hydrogen) atoms. The fourth-order valence-electron chi connectivity index (χ4n) is 3.07. The van der Waals surface area contributed by atoms with Crippen LogP contribution in [0.2, 0.25) is 5.02 Å². The summed E-state index contributed by atoms with van der Waals surface area (Å²) in [5.74, 6) is 0.917. The van der Waals surface area contributed by atoms with Crippen LogP contribution in [0.25, 0.3) is 10.4 Å². The van der Waals surface area contributed by atoms with Gasteiger partial charge in [0.1, 0.15) is 11.9 Å². The highest BCUT2D eigenvalue weighted by atomic mass is 35.5. The first-order valence-corrected chi connectivity index (χ1v) is 8.86. The van der Waals surface area contributed by atoms with Crippen LogP contribution < -0.4 is 10.1 Å². The van der Waals surface area contributed by atoms with Gasteiger partial charge < -0.3 is 10.1 Å². The van der Waals surface area contributed by atoms with Crippen LogP contribution in [0.5, 0.6) is 5.75 Å². The molecule has 0 saturated heterocycles. The van der Waals surface area contributed by atoms with Crippen LogP contribution in [-0.4, -0.2) is 25.5 Å². The number of halogens is 1. The summed E-state index contributed by atoms with van der Waals surface area (Å²) in [4.78, 5) is 13.7. The van der Waals surface area contributed by atoms with E-state index in [0.717, 1.165) is 50.7 Å². The van der Waals surface area contributed by atoms with E-state index in [1.54, 1.807) is 18.3 Å². The second kappa shape index (κ2) is 6.27. The zero-order valence-corrected chi connectivity index (χ0v) is 15.3. The molecule has 1 N–H and O–H groups in total. The summed E-state index contributed by atoms with van der Waals surface area (Å²) in [6.45, 7) is 6.49. The normalized spacial score (nSPS) is 16.3. The minimum Gasteiger partial charge on any atom is -0.487 e.